The van der Waals surface area contributed by atoms with Gasteiger partial charge in [0.25, 0.3) is 0 Å². The fourth-order valence-electron chi connectivity index (χ4n) is 2.56. The number of hydrogen-bond acceptors (Lipinski definition) is 3. The average Bonchev–Trinajstić information content (AvgIpc) is 2.58. The highest BCUT2D eigenvalue weighted by atomic mass is 35.5. The van der Waals surface area contributed by atoms with E-state index in [1.807, 2.05) is 24.3 Å². The van der Waals surface area contributed by atoms with Crippen molar-refractivity contribution < 1.29 is 19.5 Å². The lowest BCUT2D eigenvalue weighted by Crippen LogP contribution is -2.83. The van der Waals surface area contributed by atoms with Crippen LogP contribution in [-0.4, -0.2) is 27.9 Å². The van der Waals surface area contributed by atoms with Gasteiger partial charge in [0.15, 0.2) is 11.5 Å². The van der Waals surface area contributed by atoms with Gasteiger partial charge in [-0.1, -0.05) is 29.3 Å². The molecule has 0 aliphatic rings. The van der Waals surface area contributed by atoms with Gasteiger partial charge in [0.2, 0.25) is 0 Å². The monoisotopic (exact) mass is 370 g/mol. The molecule has 24 heavy (non-hydrogen) atoms. The van der Waals surface area contributed by atoms with E-state index in [0.29, 0.717) is 15.8 Å². The number of ether oxygens (including phenoxy) is 3. The molecule has 0 saturated heterocycles. The summed E-state index contributed by atoms with van der Waals surface area (Å²) in [5.41, 5.74) is 2.18. The minimum Gasteiger partial charge on any atom is -0.495 e. The van der Waals surface area contributed by atoms with E-state index in [4.69, 9.17) is 37.4 Å². The lowest BCUT2D eigenvalue weighted by atomic mass is 10.1. The molecule has 2 aromatic carbocycles. The summed E-state index contributed by atoms with van der Waals surface area (Å²) in [6.07, 6.45) is 0.914. The molecular weight excluding hydrogens is 349 g/mol. The number of methoxy groups -OCH3 is 3. The molecule has 0 heterocycles. The van der Waals surface area contributed by atoms with Gasteiger partial charge in [0.1, 0.15) is 12.3 Å². The molecule has 2 N–H and O–H groups in total. The Labute approximate surface area is 152 Å². The van der Waals surface area contributed by atoms with Crippen molar-refractivity contribution in [2.24, 2.45) is 0 Å². The lowest BCUT2D eigenvalue weighted by molar-refractivity contribution is -0.670. The Morgan fingerprint density at radius 3 is 2.33 bits per heavy atom. The Morgan fingerprint density at radius 1 is 0.917 bits per heavy atom. The molecule has 0 aliphatic carbocycles. The van der Waals surface area contributed by atoms with Crippen LogP contribution in [0.15, 0.2) is 30.3 Å². The third kappa shape index (κ3) is 4.69. The molecule has 0 atom stereocenters. The second kappa shape index (κ2) is 9.02. The van der Waals surface area contributed by atoms with Crippen LogP contribution in [-0.2, 0) is 13.0 Å². The summed E-state index contributed by atoms with van der Waals surface area (Å²) in [5, 5.41) is 3.35. The van der Waals surface area contributed by atoms with E-state index >= 15 is 0 Å². The first-order valence-corrected chi connectivity index (χ1v) is 8.39. The van der Waals surface area contributed by atoms with Gasteiger partial charge in [-0.2, -0.15) is 0 Å². The maximum absolute atomic E-state index is 6.16. The number of nitrogens with two attached hydrogens (primary N) is 1. The third-order valence-electron chi connectivity index (χ3n) is 3.74. The summed E-state index contributed by atoms with van der Waals surface area (Å²) in [7, 11) is 4.89. The fraction of sp³-hybridized carbons (Fsp3) is 0.333. The Kier molecular flexibility index (Phi) is 7.03. The highest BCUT2D eigenvalue weighted by Crippen LogP contribution is 2.31. The van der Waals surface area contributed by atoms with Gasteiger partial charge in [-0.3, -0.25) is 0 Å². The maximum Gasteiger partial charge on any atom is 0.160 e. The molecule has 0 saturated carbocycles. The van der Waals surface area contributed by atoms with Crippen LogP contribution in [0.5, 0.6) is 17.2 Å². The lowest BCUT2D eigenvalue weighted by Gasteiger charge is -2.11. The molecule has 130 valence electrons. The van der Waals surface area contributed by atoms with Crippen LogP contribution >= 0.6 is 23.2 Å². The molecule has 0 aliphatic heterocycles. The quantitative estimate of drug-likeness (QED) is 0.724. The number of halogens is 2. The van der Waals surface area contributed by atoms with Crippen LogP contribution in [0.1, 0.15) is 11.1 Å². The highest BCUT2D eigenvalue weighted by Gasteiger charge is 2.11. The zero-order chi connectivity index (χ0) is 17.5. The second-order valence-electron chi connectivity index (χ2n) is 5.30. The molecule has 0 aromatic heterocycles. The van der Waals surface area contributed by atoms with E-state index in [0.717, 1.165) is 36.6 Å². The summed E-state index contributed by atoms with van der Waals surface area (Å²) in [4.78, 5) is 0. The van der Waals surface area contributed by atoms with Gasteiger partial charge < -0.3 is 19.5 Å². The van der Waals surface area contributed by atoms with Gasteiger partial charge in [0.05, 0.1) is 38.5 Å². The van der Waals surface area contributed by atoms with Gasteiger partial charge in [-0.15, -0.1) is 0 Å². The Hall–Kier alpha value is -1.62. The van der Waals surface area contributed by atoms with Gasteiger partial charge in [-0.25, -0.2) is 0 Å². The maximum atomic E-state index is 6.16. The molecular formula is C18H22Cl2NO3+. The first-order chi connectivity index (χ1) is 11.6. The molecule has 0 radical (unpaired) electrons. The predicted molar refractivity (Wildman–Crippen MR) is 96.8 cm³/mol. The number of benzene rings is 2. The molecule has 4 nitrogen and oxygen atoms in total. The first kappa shape index (κ1) is 18.7. The average molecular weight is 371 g/mol. The summed E-state index contributed by atoms with van der Waals surface area (Å²) in [5.74, 6) is 2.17. The summed E-state index contributed by atoms with van der Waals surface area (Å²) < 4.78 is 15.9. The molecule has 0 bridgehead atoms. The molecule has 0 amide bonds. The molecule has 0 spiro atoms. The molecule has 2 aromatic rings. The predicted octanol–water partition coefficient (Wildman–Crippen LogP) is 3.33. The zero-order valence-corrected chi connectivity index (χ0v) is 15.6. The third-order valence-corrected chi connectivity index (χ3v) is 4.24. The van der Waals surface area contributed by atoms with Crippen molar-refractivity contribution in [3.05, 3.63) is 51.5 Å². The molecule has 0 unspecified atom stereocenters. The summed E-state index contributed by atoms with van der Waals surface area (Å²) in [6.45, 7) is 1.67. The SMILES string of the molecule is COc1ccc(CC[NH2+]Cc2cc(Cl)cc(Cl)c2OC)cc1OC. The van der Waals surface area contributed by atoms with Crippen molar-refractivity contribution in [1.82, 2.24) is 0 Å². The van der Waals surface area contributed by atoms with Crippen LogP contribution in [0, 0.1) is 0 Å². The molecule has 6 heteroatoms. The van der Waals surface area contributed by atoms with Gasteiger partial charge >= 0.3 is 0 Å². The van der Waals surface area contributed by atoms with Crippen molar-refractivity contribution in [1.29, 1.82) is 0 Å². The number of quaternary nitrogens is 1. The second-order valence-corrected chi connectivity index (χ2v) is 6.14. The van der Waals surface area contributed by atoms with Crippen LogP contribution in [0.25, 0.3) is 0 Å². The Balaban J connectivity index is 1.94. The zero-order valence-electron chi connectivity index (χ0n) is 14.1. The standard InChI is InChI=1S/C18H21Cl2NO3/c1-22-16-5-4-12(8-17(16)23-2)6-7-21-11-13-9-14(19)10-15(20)18(13)24-3/h4-5,8-10,21H,6-7,11H2,1-3H3/p+1. The van der Waals surface area contributed by atoms with E-state index in [2.05, 4.69) is 5.32 Å². The summed E-state index contributed by atoms with van der Waals surface area (Å²) in [6, 6.07) is 9.55. The van der Waals surface area contributed by atoms with Crippen molar-refractivity contribution in [2.75, 3.05) is 27.9 Å². The number of hydrogen-bond donors (Lipinski definition) is 1. The minimum atomic E-state index is 0.535. The normalized spacial score (nSPS) is 10.5. The topological polar surface area (TPSA) is 44.3 Å². The minimum absolute atomic E-state index is 0.535. The summed E-state index contributed by atoms with van der Waals surface area (Å²) >= 11 is 12.2. The molecule has 0 fully saturated rings. The molecule has 2 rings (SSSR count). The Bertz CT molecular complexity index is 692. The first-order valence-electron chi connectivity index (χ1n) is 7.63. The van der Waals surface area contributed by atoms with Crippen LogP contribution in [0.4, 0.5) is 0 Å². The van der Waals surface area contributed by atoms with Crippen LogP contribution in [0.2, 0.25) is 10.0 Å². The van der Waals surface area contributed by atoms with Gasteiger partial charge in [-0.05, 0) is 29.8 Å². The van der Waals surface area contributed by atoms with Crippen molar-refractivity contribution >= 4 is 23.2 Å². The van der Waals surface area contributed by atoms with E-state index in [9.17, 15) is 0 Å². The van der Waals surface area contributed by atoms with E-state index in [1.165, 1.54) is 5.56 Å². The highest BCUT2D eigenvalue weighted by molar-refractivity contribution is 6.35. The van der Waals surface area contributed by atoms with Crippen molar-refractivity contribution in [3.8, 4) is 17.2 Å². The van der Waals surface area contributed by atoms with Crippen LogP contribution in [0.3, 0.4) is 0 Å². The largest absolute Gasteiger partial charge is 0.495 e. The Morgan fingerprint density at radius 2 is 1.67 bits per heavy atom. The van der Waals surface area contributed by atoms with E-state index in [-0.39, 0.29) is 0 Å². The fourth-order valence-corrected chi connectivity index (χ4v) is 3.17. The van der Waals surface area contributed by atoms with Crippen LogP contribution < -0.4 is 19.5 Å². The van der Waals surface area contributed by atoms with E-state index in [1.54, 1.807) is 27.4 Å². The smallest absolute Gasteiger partial charge is 0.160 e. The van der Waals surface area contributed by atoms with Crippen molar-refractivity contribution in [2.45, 2.75) is 13.0 Å². The van der Waals surface area contributed by atoms with Crippen molar-refractivity contribution in [3.63, 3.8) is 0 Å². The van der Waals surface area contributed by atoms with E-state index < -0.39 is 0 Å². The number of rotatable bonds is 8. The van der Waals surface area contributed by atoms with Gasteiger partial charge in [0, 0.05) is 11.4 Å².